The highest BCUT2D eigenvalue weighted by Crippen LogP contribution is 2.04. The molecule has 0 aliphatic carbocycles. The fraction of sp³-hybridized carbons (Fsp3) is 0.294. The molecule has 0 N–H and O–H groups in total. The number of pyridine rings is 2. The predicted octanol–water partition coefficient (Wildman–Crippen LogP) is 1.11. The van der Waals surface area contributed by atoms with Crippen molar-refractivity contribution in [2.75, 3.05) is 13.1 Å². The molecule has 0 saturated heterocycles. The van der Waals surface area contributed by atoms with Crippen molar-refractivity contribution < 1.29 is 0 Å². The monoisotopic (exact) mass is 349 g/mol. The predicted molar refractivity (Wildman–Crippen MR) is 95.1 cm³/mol. The van der Waals surface area contributed by atoms with Gasteiger partial charge in [-0.05, 0) is 30.8 Å². The molecule has 0 saturated carbocycles. The molecule has 0 aromatic carbocycles. The van der Waals surface area contributed by atoms with Gasteiger partial charge in [0, 0.05) is 32.0 Å². The van der Waals surface area contributed by atoms with Crippen molar-refractivity contribution in [3.63, 3.8) is 0 Å². The van der Waals surface area contributed by atoms with Gasteiger partial charge in [0.2, 0.25) is 0 Å². The average Bonchev–Trinajstić information content (AvgIpc) is 3.14. The van der Waals surface area contributed by atoms with Crippen molar-refractivity contribution in [2.24, 2.45) is 0 Å². The zero-order chi connectivity index (χ0) is 17.3. The Morgan fingerprint density at radius 2 is 1.64 bits per heavy atom. The van der Waals surface area contributed by atoms with Crippen LogP contribution in [0.3, 0.4) is 0 Å². The molecule has 0 unspecified atom stereocenters. The van der Waals surface area contributed by atoms with E-state index in [4.69, 9.17) is 0 Å². The molecule has 0 spiro atoms. The summed E-state index contributed by atoms with van der Waals surface area (Å²) in [6.07, 6.45) is 6.94. The van der Waals surface area contributed by atoms with Gasteiger partial charge < -0.3 is 3.88 Å². The van der Waals surface area contributed by atoms with Crippen LogP contribution in [0.1, 0.15) is 11.4 Å². The van der Waals surface area contributed by atoms with Gasteiger partial charge in [-0.2, -0.15) is 5.10 Å². The molecule has 8 heteroatoms. The van der Waals surface area contributed by atoms with Crippen molar-refractivity contribution in [2.45, 2.75) is 19.8 Å². The van der Waals surface area contributed by atoms with Crippen molar-refractivity contribution in [3.05, 3.63) is 72.8 Å². The highest BCUT2D eigenvalue weighted by atomic mass is 27.1. The summed E-state index contributed by atoms with van der Waals surface area (Å²) in [5.41, 5.74) is 2.10. The minimum absolute atomic E-state index is 0.679. The molecule has 0 amide bonds. The van der Waals surface area contributed by atoms with Gasteiger partial charge in [-0.25, -0.2) is 9.67 Å². The molecule has 3 heterocycles. The molecular weight excluding hydrogens is 329 g/mol. The molecule has 7 nitrogen and oxygen atoms in total. The first kappa shape index (κ1) is 17.7. The first-order valence-electron chi connectivity index (χ1n) is 8.14. The Labute approximate surface area is 156 Å². The first-order valence-corrected chi connectivity index (χ1v) is 8.65. The number of aromatic nitrogens is 5. The van der Waals surface area contributed by atoms with E-state index in [1.165, 1.54) is 0 Å². The van der Waals surface area contributed by atoms with Crippen LogP contribution >= 0.6 is 0 Å². The van der Waals surface area contributed by atoms with Gasteiger partial charge in [-0.3, -0.25) is 14.9 Å². The lowest BCUT2D eigenvalue weighted by Gasteiger charge is -2.26. The van der Waals surface area contributed by atoms with Crippen molar-refractivity contribution >= 4 is 16.5 Å². The standard InChI is InChI=1S/C17H20N7.Al/c1-3-7-20-16(5-1)11-18-9-10-23(15-24-14-19-13-22-24)12-17-6-2-4-8-21-17;/h1-8,13-14H,9-12,15H2;/q-1;+1. The van der Waals surface area contributed by atoms with Crippen LogP contribution in [0.25, 0.3) is 0 Å². The van der Waals surface area contributed by atoms with Gasteiger partial charge in [-0.1, -0.05) is 12.1 Å². The largest absolute Gasteiger partial charge is 0.397 e. The van der Waals surface area contributed by atoms with Crippen LogP contribution in [0.15, 0.2) is 61.4 Å². The normalized spacial score (nSPS) is 11.3. The lowest BCUT2D eigenvalue weighted by molar-refractivity contribution is 0.182. The van der Waals surface area contributed by atoms with E-state index in [9.17, 15) is 0 Å². The van der Waals surface area contributed by atoms with Crippen molar-refractivity contribution in [1.29, 1.82) is 0 Å². The van der Waals surface area contributed by atoms with Gasteiger partial charge in [0.1, 0.15) is 12.7 Å². The number of hydrogen-bond donors (Lipinski definition) is 0. The molecule has 0 atom stereocenters. The lowest BCUT2D eigenvalue weighted by Crippen LogP contribution is -2.35. The van der Waals surface area contributed by atoms with Crippen molar-refractivity contribution in [1.82, 2.24) is 33.5 Å². The highest BCUT2D eigenvalue weighted by molar-refractivity contribution is 6.04. The van der Waals surface area contributed by atoms with E-state index >= 15 is 0 Å². The molecule has 3 aromatic rings. The summed E-state index contributed by atoms with van der Waals surface area (Å²) in [4.78, 5) is 15.1. The molecule has 0 bridgehead atoms. The summed E-state index contributed by atoms with van der Waals surface area (Å²) in [7, 11) is 0. The Morgan fingerprint density at radius 1 is 0.920 bits per heavy atom. The Hall–Kier alpha value is -2.11. The van der Waals surface area contributed by atoms with Gasteiger partial charge in [0.15, 0.2) is 0 Å². The quantitative estimate of drug-likeness (QED) is 0.540. The summed E-state index contributed by atoms with van der Waals surface area (Å²) in [6, 6.07) is 12.0. The smallest absolute Gasteiger partial charge is 0.256 e. The van der Waals surface area contributed by atoms with E-state index in [-0.39, 0.29) is 0 Å². The summed E-state index contributed by atoms with van der Waals surface area (Å²) in [5.74, 6) is 0. The lowest BCUT2D eigenvalue weighted by atomic mass is 10.3. The Kier molecular flexibility index (Phi) is 6.65. The molecular formula is C17H20AlN7. The first-order chi connectivity index (χ1) is 12.3. The Bertz CT molecular complexity index is 721. The van der Waals surface area contributed by atoms with Crippen molar-refractivity contribution in [3.8, 4) is 0 Å². The summed E-state index contributed by atoms with van der Waals surface area (Å²) >= 11 is 2.78. The molecule has 0 aliphatic heterocycles. The summed E-state index contributed by atoms with van der Waals surface area (Å²) in [6.45, 7) is 4.02. The summed E-state index contributed by atoms with van der Waals surface area (Å²) in [5, 5.41) is 4.21. The maximum Gasteiger partial charge on any atom is 0.256 e. The molecule has 3 aromatic heterocycles. The van der Waals surface area contributed by atoms with E-state index in [0.29, 0.717) is 6.67 Å². The maximum atomic E-state index is 4.43. The van der Waals surface area contributed by atoms with Crippen LogP contribution in [-0.2, 0) is 19.8 Å². The second kappa shape index (κ2) is 9.40. The average molecular weight is 349 g/mol. The molecule has 25 heavy (non-hydrogen) atoms. The second-order valence-corrected chi connectivity index (χ2v) is 6.47. The minimum Gasteiger partial charge on any atom is -0.397 e. The SMILES string of the molecule is [Al][N](CCN(Cc1ccccn1)Cn1cncn1)Cc1ccccn1. The third kappa shape index (κ3) is 6.03. The van der Waals surface area contributed by atoms with E-state index < -0.39 is 0 Å². The van der Waals surface area contributed by atoms with Gasteiger partial charge in [-0.15, -0.1) is 0 Å². The highest BCUT2D eigenvalue weighted by Gasteiger charge is 2.10. The molecule has 2 radical (unpaired) electrons. The fourth-order valence-corrected chi connectivity index (χ4v) is 2.78. The zero-order valence-corrected chi connectivity index (χ0v) is 15.2. The third-order valence-corrected chi connectivity index (χ3v) is 4.16. The van der Waals surface area contributed by atoms with Crippen LogP contribution in [0, 0.1) is 0 Å². The zero-order valence-electron chi connectivity index (χ0n) is 14.0. The van der Waals surface area contributed by atoms with E-state index in [2.05, 4.69) is 45.3 Å². The molecule has 0 fully saturated rings. The van der Waals surface area contributed by atoms with E-state index in [1.807, 2.05) is 53.5 Å². The Balaban J connectivity index is 1.56. The van der Waals surface area contributed by atoms with Crippen LogP contribution in [0.4, 0.5) is 0 Å². The maximum absolute atomic E-state index is 4.43. The molecule has 3 rings (SSSR count). The van der Waals surface area contributed by atoms with Crippen LogP contribution in [-0.4, -0.2) is 63.1 Å². The third-order valence-electron chi connectivity index (χ3n) is 3.72. The van der Waals surface area contributed by atoms with Gasteiger partial charge in [0.05, 0.1) is 18.1 Å². The summed E-state index contributed by atoms with van der Waals surface area (Å²) < 4.78 is 4.02. The van der Waals surface area contributed by atoms with E-state index in [0.717, 1.165) is 37.6 Å². The number of hydrogen-bond acceptors (Lipinski definition) is 6. The van der Waals surface area contributed by atoms with Gasteiger partial charge >= 0.3 is 0 Å². The Morgan fingerprint density at radius 3 is 2.24 bits per heavy atom. The number of rotatable bonds is 9. The number of nitrogens with zero attached hydrogens (tertiary/aromatic N) is 7. The van der Waals surface area contributed by atoms with Crippen LogP contribution < -0.4 is 0 Å². The molecule has 0 aliphatic rings. The van der Waals surface area contributed by atoms with Gasteiger partial charge in [0.25, 0.3) is 16.5 Å². The minimum atomic E-state index is 0.679. The fourth-order valence-electron chi connectivity index (χ4n) is 2.48. The second-order valence-electron chi connectivity index (χ2n) is 5.74. The topological polar surface area (TPSA) is 63.0 Å². The van der Waals surface area contributed by atoms with E-state index in [1.54, 1.807) is 12.7 Å². The molecule has 126 valence electrons. The van der Waals surface area contributed by atoms with Crippen LogP contribution in [0.5, 0.6) is 0 Å². The van der Waals surface area contributed by atoms with Crippen LogP contribution in [0.2, 0.25) is 0 Å².